The van der Waals surface area contributed by atoms with Gasteiger partial charge < -0.3 is 14.6 Å². The van der Waals surface area contributed by atoms with Gasteiger partial charge in [-0.15, -0.1) is 0 Å². The highest BCUT2D eigenvalue weighted by molar-refractivity contribution is 6.30. The number of nitrogens with one attached hydrogen (secondary N) is 1. The van der Waals surface area contributed by atoms with Gasteiger partial charge in [0.2, 0.25) is 5.91 Å². The molecule has 0 aliphatic carbocycles. The second kappa shape index (κ2) is 7.19. The highest BCUT2D eigenvalue weighted by atomic mass is 35.5. The van der Waals surface area contributed by atoms with Gasteiger partial charge in [-0.05, 0) is 36.4 Å². The van der Waals surface area contributed by atoms with Crippen molar-refractivity contribution in [2.24, 2.45) is 0 Å². The van der Waals surface area contributed by atoms with Crippen LogP contribution >= 0.6 is 11.6 Å². The van der Waals surface area contributed by atoms with Crippen LogP contribution in [-0.2, 0) is 11.2 Å². The number of anilines is 1. The van der Waals surface area contributed by atoms with E-state index < -0.39 is 0 Å². The summed E-state index contributed by atoms with van der Waals surface area (Å²) in [6.07, 6.45) is 0.106. The second-order valence-electron chi connectivity index (χ2n) is 5.11. The summed E-state index contributed by atoms with van der Waals surface area (Å²) in [7, 11) is 1.56. The molecule has 0 spiro atoms. The number of carbonyl (C=O) groups is 1. The Balaban J connectivity index is 1.68. The molecule has 0 bridgehead atoms. The zero-order valence-electron chi connectivity index (χ0n) is 13.0. The Bertz CT molecular complexity index is 843. The molecule has 0 radical (unpaired) electrons. The lowest BCUT2D eigenvalue weighted by Gasteiger charge is -2.08. The summed E-state index contributed by atoms with van der Waals surface area (Å²) in [6.45, 7) is 0. The van der Waals surface area contributed by atoms with E-state index in [-0.39, 0.29) is 12.3 Å². The number of hydrogen-bond donors (Lipinski definition) is 1. The number of methoxy groups -OCH3 is 1. The first-order valence-electron chi connectivity index (χ1n) is 7.30. The standard InChI is InChI=1S/C18H15ClN2O3/c1-23-16-5-3-2-4-15(16)20-18(22)11-14-10-17(24-21-14)12-6-8-13(19)9-7-12/h2-10H,11H2,1H3,(H,20,22). The Morgan fingerprint density at radius 3 is 2.71 bits per heavy atom. The molecule has 0 aliphatic heterocycles. The number of para-hydroxylation sites is 2. The number of aromatic nitrogens is 1. The molecular weight excluding hydrogens is 328 g/mol. The van der Waals surface area contributed by atoms with Gasteiger partial charge in [0.1, 0.15) is 5.75 Å². The average Bonchev–Trinajstić information content (AvgIpc) is 3.04. The lowest BCUT2D eigenvalue weighted by Crippen LogP contribution is -2.15. The maximum Gasteiger partial charge on any atom is 0.230 e. The van der Waals surface area contributed by atoms with Crippen molar-refractivity contribution >= 4 is 23.2 Å². The van der Waals surface area contributed by atoms with Crippen molar-refractivity contribution in [1.82, 2.24) is 5.16 Å². The van der Waals surface area contributed by atoms with E-state index in [0.29, 0.717) is 27.9 Å². The maximum atomic E-state index is 12.2. The van der Waals surface area contributed by atoms with Crippen LogP contribution in [0.5, 0.6) is 5.75 Å². The Hall–Kier alpha value is -2.79. The molecule has 122 valence electrons. The molecule has 5 nitrogen and oxygen atoms in total. The monoisotopic (exact) mass is 342 g/mol. The van der Waals surface area contributed by atoms with Crippen molar-refractivity contribution in [3.63, 3.8) is 0 Å². The van der Waals surface area contributed by atoms with E-state index in [9.17, 15) is 4.79 Å². The van der Waals surface area contributed by atoms with Gasteiger partial charge in [0.15, 0.2) is 5.76 Å². The van der Waals surface area contributed by atoms with Gasteiger partial charge in [-0.25, -0.2) is 0 Å². The fourth-order valence-electron chi connectivity index (χ4n) is 2.25. The van der Waals surface area contributed by atoms with Crippen LogP contribution in [0.2, 0.25) is 5.02 Å². The van der Waals surface area contributed by atoms with E-state index in [2.05, 4.69) is 10.5 Å². The molecule has 6 heteroatoms. The molecular formula is C18H15ClN2O3. The van der Waals surface area contributed by atoms with Gasteiger partial charge in [0.05, 0.1) is 24.9 Å². The van der Waals surface area contributed by atoms with Crippen LogP contribution < -0.4 is 10.1 Å². The largest absolute Gasteiger partial charge is 0.495 e. The first kappa shape index (κ1) is 16.1. The smallest absolute Gasteiger partial charge is 0.230 e. The third-order valence-corrected chi connectivity index (χ3v) is 3.66. The van der Waals surface area contributed by atoms with Crippen molar-refractivity contribution < 1.29 is 14.1 Å². The number of benzene rings is 2. The van der Waals surface area contributed by atoms with Gasteiger partial charge in [-0.1, -0.05) is 28.9 Å². The molecule has 24 heavy (non-hydrogen) atoms. The molecule has 0 saturated heterocycles. The number of carbonyl (C=O) groups excluding carboxylic acids is 1. The number of nitrogens with zero attached hydrogens (tertiary/aromatic N) is 1. The summed E-state index contributed by atoms with van der Waals surface area (Å²) in [6, 6.07) is 16.2. The predicted octanol–water partition coefficient (Wildman–Crippen LogP) is 4.18. The third kappa shape index (κ3) is 3.75. The minimum atomic E-state index is -0.199. The molecule has 1 heterocycles. The molecule has 0 fully saturated rings. The van der Waals surface area contributed by atoms with Gasteiger partial charge in [0.25, 0.3) is 0 Å². The van der Waals surface area contributed by atoms with Crippen molar-refractivity contribution in [1.29, 1.82) is 0 Å². The first-order chi connectivity index (χ1) is 11.7. The van der Waals surface area contributed by atoms with E-state index in [1.54, 1.807) is 37.4 Å². The highest BCUT2D eigenvalue weighted by Gasteiger charge is 2.12. The fraction of sp³-hybridized carbons (Fsp3) is 0.111. The summed E-state index contributed by atoms with van der Waals surface area (Å²) in [4.78, 5) is 12.2. The fourth-order valence-corrected chi connectivity index (χ4v) is 2.38. The van der Waals surface area contributed by atoms with Gasteiger partial charge in [-0.3, -0.25) is 4.79 Å². The molecule has 0 atom stereocenters. The second-order valence-corrected chi connectivity index (χ2v) is 5.55. The van der Waals surface area contributed by atoms with E-state index in [1.165, 1.54) is 0 Å². The average molecular weight is 343 g/mol. The normalized spacial score (nSPS) is 10.4. The molecule has 3 aromatic rings. The predicted molar refractivity (Wildman–Crippen MR) is 92.3 cm³/mol. The summed E-state index contributed by atoms with van der Waals surface area (Å²) in [5, 5.41) is 7.39. The number of rotatable bonds is 5. The number of ether oxygens (including phenoxy) is 1. The SMILES string of the molecule is COc1ccccc1NC(=O)Cc1cc(-c2ccc(Cl)cc2)on1. The molecule has 1 N–H and O–H groups in total. The molecule has 0 saturated carbocycles. The Kier molecular flexibility index (Phi) is 4.82. The first-order valence-corrected chi connectivity index (χ1v) is 7.68. The minimum Gasteiger partial charge on any atom is -0.495 e. The molecule has 2 aromatic carbocycles. The Morgan fingerprint density at radius 1 is 1.21 bits per heavy atom. The minimum absolute atomic E-state index is 0.106. The molecule has 1 aromatic heterocycles. The summed E-state index contributed by atoms with van der Waals surface area (Å²) >= 11 is 5.87. The van der Waals surface area contributed by atoms with Crippen LogP contribution in [0.1, 0.15) is 5.69 Å². The lowest BCUT2D eigenvalue weighted by atomic mass is 10.1. The molecule has 0 aliphatic rings. The summed E-state index contributed by atoms with van der Waals surface area (Å²) < 4.78 is 10.5. The maximum absolute atomic E-state index is 12.2. The van der Waals surface area contributed by atoms with Gasteiger partial charge in [0, 0.05) is 16.7 Å². The quantitative estimate of drug-likeness (QED) is 0.755. The van der Waals surface area contributed by atoms with Crippen molar-refractivity contribution in [3.8, 4) is 17.1 Å². The van der Waals surface area contributed by atoms with Crippen LogP contribution in [0.15, 0.2) is 59.1 Å². The number of halogens is 1. The van der Waals surface area contributed by atoms with Crippen molar-refractivity contribution in [2.75, 3.05) is 12.4 Å². The third-order valence-electron chi connectivity index (χ3n) is 3.41. The van der Waals surface area contributed by atoms with E-state index in [0.717, 1.165) is 5.56 Å². The Labute approximate surface area is 144 Å². The van der Waals surface area contributed by atoms with Crippen LogP contribution in [0.3, 0.4) is 0 Å². The number of amides is 1. The van der Waals surface area contributed by atoms with E-state index in [1.807, 2.05) is 24.3 Å². The van der Waals surface area contributed by atoms with Crippen LogP contribution in [0.4, 0.5) is 5.69 Å². The van der Waals surface area contributed by atoms with Crippen LogP contribution in [0, 0.1) is 0 Å². The van der Waals surface area contributed by atoms with E-state index >= 15 is 0 Å². The van der Waals surface area contributed by atoms with Gasteiger partial charge >= 0.3 is 0 Å². The van der Waals surface area contributed by atoms with Crippen LogP contribution in [0.25, 0.3) is 11.3 Å². The summed E-state index contributed by atoms with van der Waals surface area (Å²) in [5.74, 6) is 0.995. The zero-order valence-corrected chi connectivity index (χ0v) is 13.7. The molecule has 0 unspecified atom stereocenters. The lowest BCUT2D eigenvalue weighted by molar-refractivity contribution is -0.115. The highest BCUT2D eigenvalue weighted by Crippen LogP contribution is 2.24. The van der Waals surface area contributed by atoms with E-state index in [4.69, 9.17) is 20.9 Å². The zero-order chi connectivity index (χ0) is 16.9. The molecule has 3 rings (SSSR count). The van der Waals surface area contributed by atoms with Crippen molar-refractivity contribution in [3.05, 3.63) is 65.3 Å². The Morgan fingerprint density at radius 2 is 1.96 bits per heavy atom. The number of hydrogen-bond acceptors (Lipinski definition) is 4. The van der Waals surface area contributed by atoms with Gasteiger partial charge in [-0.2, -0.15) is 0 Å². The van der Waals surface area contributed by atoms with Crippen molar-refractivity contribution in [2.45, 2.75) is 6.42 Å². The molecule has 1 amide bonds. The van der Waals surface area contributed by atoms with Crippen LogP contribution in [-0.4, -0.2) is 18.2 Å². The topological polar surface area (TPSA) is 64.4 Å². The summed E-state index contributed by atoms with van der Waals surface area (Å²) in [5.41, 5.74) is 2.02.